The van der Waals surface area contributed by atoms with Gasteiger partial charge in [0.05, 0.1) is 6.04 Å². The maximum Gasteiger partial charge on any atom is 0.239 e. The zero-order valence-electron chi connectivity index (χ0n) is 12.2. The molecule has 0 aromatic carbocycles. The van der Waals surface area contributed by atoms with Crippen molar-refractivity contribution >= 4 is 5.91 Å². The van der Waals surface area contributed by atoms with Crippen molar-refractivity contribution in [1.82, 2.24) is 19.7 Å². The lowest BCUT2D eigenvalue weighted by Crippen LogP contribution is -2.48. The molecule has 1 aliphatic heterocycles. The highest BCUT2D eigenvalue weighted by Gasteiger charge is 2.29. The first-order valence-corrected chi connectivity index (χ1v) is 7.00. The lowest BCUT2D eigenvalue weighted by Gasteiger charge is -2.33. The van der Waals surface area contributed by atoms with Gasteiger partial charge in [0.2, 0.25) is 5.91 Å². The number of rotatable bonds is 5. The van der Waals surface area contributed by atoms with Crippen molar-refractivity contribution in [2.24, 2.45) is 12.8 Å². The Balaban J connectivity index is 1.96. The smallest absolute Gasteiger partial charge is 0.239 e. The molecule has 0 aliphatic carbocycles. The summed E-state index contributed by atoms with van der Waals surface area (Å²) in [4.78, 5) is 14.2. The van der Waals surface area contributed by atoms with Crippen molar-refractivity contribution < 1.29 is 9.53 Å². The van der Waals surface area contributed by atoms with E-state index in [1.54, 1.807) is 13.4 Å². The Morgan fingerprint density at radius 3 is 3.10 bits per heavy atom. The van der Waals surface area contributed by atoms with Crippen LogP contribution in [0.25, 0.3) is 0 Å². The minimum atomic E-state index is -0.479. The first-order valence-electron chi connectivity index (χ1n) is 7.00. The quantitative estimate of drug-likeness (QED) is 0.813. The lowest BCUT2D eigenvalue weighted by atomic mass is 9.96. The summed E-state index contributed by atoms with van der Waals surface area (Å²) in [6, 6.07) is -0.479. The van der Waals surface area contributed by atoms with Gasteiger partial charge in [0, 0.05) is 39.8 Å². The molecule has 0 saturated carbocycles. The second-order valence-corrected chi connectivity index (χ2v) is 5.31. The molecule has 1 aromatic rings. The number of amides is 1. The second-order valence-electron chi connectivity index (χ2n) is 5.31. The Hall–Kier alpha value is -1.47. The molecule has 1 amide bonds. The van der Waals surface area contributed by atoms with E-state index in [1.165, 1.54) is 0 Å². The van der Waals surface area contributed by atoms with Crippen molar-refractivity contribution in [3.8, 4) is 0 Å². The van der Waals surface area contributed by atoms with E-state index in [1.807, 2.05) is 16.5 Å². The van der Waals surface area contributed by atoms with Crippen LogP contribution in [0.3, 0.4) is 0 Å². The molecule has 2 unspecified atom stereocenters. The van der Waals surface area contributed by atoms with Gasteiger partial charge in [0.15, 0.2) is 0 Å². The fraction of sp³-hybridized carbons (Fsp3) is 0.769. The summed E-state index contributed by atoms with van der Waals surface area (Å²) in [7, 11) is 3.54. The van der Waals surface area contributed by atoms with Crippen molar-refractivity contribution in [1.29, 1.82) is 0 Å². The predicted octanol–water partition coefficient (Wildman–Crippen LogP) is -0.115. The Morgan fingerprint density at radius 1 is 1.65 bits per heavy atom. The summed E-state index contributed by atoms with van der Waals surface area (Å²) in [5.41, 5.74) is 5.92. The van der Waals surface area contributed by atoms with Crippen molar-refractivity contribution in [3.05, 3.63) is 12.2 Å². The van der Waals surface area contributed by atoms with Gasteiger partial charge in [0.25, 0.3) is 0 Å². The van der Waals surface area contributed by atoms with E-state index in [9.17, 15) is 4.79 Å². The van der Waals surface area contributed by atoms with E-state index in [0.717, 1.165) is 25.2 Å². The van der Waals surface area contributed by atoms with E-state index in [4.69, 9.17) is 10.5 Å². The third-order valence-electron chi connectivity index (χ3n) is 3.79. The van der Waals surface area contributed by atoms with Crippen LogP contribution in [0.5, 0.6) is 0 Å². The maximum absolute atomic E-state index is 12.3. The third-order valence-corrected chi connectivity index (χ3v) is 3.79. The Kier molecular flexibility index (Phi) is 5.08. The summed E-state index contributed by atoms with van der Waals surface area (Å²) in [6.45, 7) is 1.95. The van der Waals surface area contributed by atoms with Gasteiger partial charge < -0.3 is 19.9 Å². The molecule has 1 aromatic heterocycles. The normalized spacial score (nSPS) is 20.9. The van der Waals surface area contributed by atoms with Gasteiger partial charge in [-0.1, -0.05) is 0 Å². The van der Waals surface area contributed by atoms with E-state index in [2.05, 4.69) is 10.2 Å². The minimum absolute atomic E-state index is 0.00826. The minimum Gasteiger partial charge on any atom is -0.385 e. The fourth-order valence-electron chi connectivity index (χ4n) is 2.65. The van der Waals surface area contributed by atoms with Crippen LogP contribution in [0.15, 0.2) is 6.33 Å². The van der Waals surface area contributed by atoms with E-state index >= 15 is 0 Å². The number of hydrogen-bond donors (Lipinski definition) is 1. The van der Waals surface area contributed by atoms with E-state index < -0.39 is 6.04 Å². The predicted molar refractivity (Wildman–Crippen MR) is 74.0 cm³/mol. The van der Waals surface area contributed by atoms with Crippen molar-refractivity contribution in [2.75, 3.05) is 26.8 Å². The number of aryl methyl sites for hydroxylation is 1. The van der Waals surface area contributed by atoms with Crippen LogP contribution in [0.4, 0.5) is 0 Å². The average Bonchev–Trinajstić information content (AvgIpc) is 2.90. The summed E-state index contributed by atoms with van der Waals surface area (Å²) in [6.07, 6.45) is 4.25. The Bertz CT molecular complexity index is 448. The highest BCUT2D eigenvalue weighted by Crippen LogP contribution is 2.25. The molecule has 20 heavy (non-hydrogen) atoms. The molecule has 7 heteroatoms. The fourth-order valence-corrected chi connectivity index (χ4v) is 2.65. The zero-order valence-corrected chi connectivity index (χ0v) is 12.2. The van der Waals surface area contributed by atoms with Crippen LogP contribution < -0.4 is 5.73 Å². The summed E-state index contributed by atoms with van der Waals surface area (Å²) >= 11 is 0. The number of carbonyl (C=O) groups is 1. The summed E-state index contributed by atoms with van der Waals surface area (Å²) in [5, 5.41) is 8.06. The maximum atomic E-state index is 12.3. The van der Waals surface area contributed by atoms with Gasteiger partial charge in [0.1, 0.15) is 12.2 Å². The first-order chi connectivity index (χ1) is 9.63. The molecule has 2 atom stereocenters. The number of methoxy groups -OCH3 is 1. The van der Waals surface area contributed by atoms with Gasteiger partial charge in [-0.3, -0.25) is 4.79 Å². The highest BCUT2D eigenvalue weighted by atomic mass is 16.5. The second kappa shape index (κ2) is 6.81. The SMILES string of the molecule is COCCC(N)C(=O)N1CCCC(c2nncn2C)C1. The topological polar surface area (TPSA) is 86.3 Å². The number of aromatic nitrogens is 3. The Morgan fingerprint density at radius 2 is 2.45 bits per heavy atom. The largest absolute Gasteiger partial charge is 0.385 e. The van der Waals surface area contributed by atoms with Crippen molar-refractivity contribution in [2.45, 2.75) is 31.2 Å². The first kappa shape index (κ1) is 14.9. The molecule has 1 fully saturated rings. The molecule has 2 rings (SSSR count). The van der Waals surface area contributed by atoms with Gasteiger partial charge >= 0.3 is 0 Å². The van der Waals surface area contributed by atoms with Gasteiger partial charge in [-0.2, -0.15) is 0 Å². The molecule has 0 bridgehead atoms. The third kappa shape index (κ3) is 3.34. The Labute approximate surface area is 119 Å². The zero-order chi connectivity index (χ0) is 14.5. The van der Waals surface area contributed by atoms with E-state index in [0.29, 0.717) is 19.6 Å². The molecule has 0 spiro atoms. The van der Waals surface area contributed by atoms with Crippen LogP contribution in [-0.4, -0.2) is 58.4 Å². The molecule has 1 saturated heterocycles. The van der Waals surface area contributed by atoms with E-state index in [-0.39, 0.29) is 11.8 Å². The summed E-state index contributed by atoms with van der Waals surface area (Å²) < 4.78 is 6.89. The number of hydrogen-bond acceptors (Lipinski definition) is 5. The molecular formula is C13H23N5O2. The van der Waals surface area contributed by atoms with Crippen LogP contribution in [0.2, 0.25) is 0 Å². The number of carbonyl (C=O) groups excluding carboxylic acids is 1. The molecular weight excluding hydrogens is 258 g/mol. The highest BCUT2D eigenvalue weighted by molar-refractivity contribution is 5.81. The molecule has 7 nitrogen and oxygen atoms in total. The number of nitrogens with zero attached hydrogens (tertiary/aromatic N) is 4. The van der Waals surface area contributed by atoms with Crippen LogP contribution in [0.1, 0.15) is 31.0 Å². The monoisotopic (exact) mass is 281 g/mol. The summed E-state index contributed by atoms with van der Waals surface area (Å²) in [5.74, 6) is 1.19. The number of likely N-dealkylation sites (tertiary alicyclic amines) is 1. The van der Waals surface area contributed by atoms with Gasteiger partial charge in [-0.25, -0.2) is 0 Å². The van der Waals surface area contributed by atoms with Crippen LogP contribution in [-0.2, 0) is 16.6 Å². The van der Waals surface area contributed by atoms with Gasteiger partial charge in [-0.15, -0.1) is 10.2 Å². The number of piperidine rings is 1. The molecule has 2 N–H and O–H groups in total. The van der Waals surface area contributed by atoms with Gasteiger partial charge in [-0.05, 0) is 19.3 Å². The molecule has 0 radical (unpaired) electrons. The molecule has 2 heterocycles. The van der Waals surface area contributed by atoms with Crippen LogP contribution in [0, 0.1) is 0 Å². The molecule has 1 aliphatic rings. The van der Waals surface area contributed by atoms with Crippen LogP contribution >= 0.6 is 0 Å². The number of ether oxygens (including phenoxy) is 1. The molecule has 112 valence electrons. The number of nitrogens with two attached hydrogens (primary N) is 1. The average molecular weight is 281 g/mol. The lowest BCUT2D eigenvalue weighted by molar-refractivity contribution is -0.134. The van der Waals surface area contributed by atoms with Crippen molar-refractivity contribution in [3.63, 3.8) is 0 Å². The standard InChI is InChI=1S/C13H23N5O2/c1-17-9-15-16-12(17)10-4-3-6-18(8-10)13(19)11(14)5-7-20-2/h9-11H,3-8,14H2,1-2H3.